The molecule has 0 bridgehead atoms. The molecule has 1 aromatic rings. The summed E-state index contributed by atoms with van der Waals surface area (Å²) >= 11 is 0. The molecule has 3 nitrogen and oxygen atoms in total. The maximum Gasteiger partial charge on any atom is 0.302 e. The average Bonchev–Trinajstić information content (AvgIpc) is 2.36. The molecule has 0 saturated heterocycles. The summed E-state index contributed by atoms with van der Waals surface area (Å²) in [6.45, 7) is 2.00. The van der Waals surface area contributed by atoms with Gasteiger partial charge in [0.2, 0.25) is 0 Å². The number of aldehydes is 1. The number of alkyl halides is 2. The van der Waals surface area contributed by atoms with Gasteiger partial charge in [-0.15, -0.1) is 0 Å². The minimum Gasteiger partial charge on any atom is -0.373 e. The number of carbonyl (C=O) groups excluding carboxylic acids is 1. The van der Waals surface area contributed by atoms with Crippen molar-refractivity contribution < 1.29 is 13.6 Å². The van der Waals surface area contributed by atoms with Gasteiger partial charge in [-0.1, -0.05) is 13.0 Å². The van der Waals surface area contributed by atoms with Gasteiger partial charge in [0.05, 0.1) is 0 Å². The molecule has 0 aliphatic carbocycles. The summed E-state index contributed by atoms with van der Waals surface area (Å²) in [5.41, 5.74) is 1.60. The molecule has 0 radical (unpaired) electrons. The monoisotopic (exact) mass is 242 g/mol. The molecular formula is C12H16F2N2O. The van der Waals surface area contributed by atoms with Crippen molar-refractivity contribution in [2.75, 3.05) is 12.4 Å². The van der Waals surface area contributed by atoms with Crippen LogP contribution < -0.4 is 5.32 Å². The van der Waals surface area contributed by atoms with E-state index in [0.717, 1.165) is 12.0 Å². The van der Waals surface area contributed by atoms with Gasteiger partial charge in [-0.25, -0.2) is 4.98 Å². The highest BCUT2D eigenvalue weighted by Crippen LogP contribution is 2.20. The average molecular weight is 242 g/mol. The Morgan fingerprint density at radius 2 is 2.18 bits per heavy atom. The molecule has 1 heterocycles. The summed E-state index contributed by atoms with van der Waals surface area (Å²) in [6.07, 6.45) is 0.100. The quantitative estimate of drug-likeness (QED) is 0.779. The van der Waals surface area contributed by atoms with Gasteiger partial charge in [0, 0.05) is 19.2 Å². The number of carbonyl (C=O) groups is 1. The van der Waals surface area contributed by atoms with E-state index in [1.165, 1.54) is 0 Å². The number of nitrogens with zero attached hydrogens (tertiary/aromatic N) is 1. The third kappa shape index (κ3) is 3.76. The minimum atomic E-state index is -3.26. The van der Waals surface area contributed by atoms with E-state index >= 15 is 0 Å². The van der Waals surface area contributed by atoms with Crippen LogP contribution in [-0.2, 0) is 17.6 Å². The lowest BCUT2D eigenvalue weighted by Crippen LogP contribution is -2.18. The lowest BCUT2D eigenvalue weighted by molar-refractivity contribution is -0.129. The van der Waals surface area contributed by atoms with E-state index in [9.17, 15) is 13.6 Å². The fourth-order valence-electron chi connectivity index (χ4n) is 1.52. The Hall–Kier alpha value is -1.52. The van der Waals surface area contributed by atoms with Crippen LogP contribution in [0.3, 0.4) is 0 Å². The molecular weight excluding hydrogens is 226 g/mol. The number of rotatable bonds is 6. The molecule has 0 saturated carbocycles. The number of anilines is 1. The first kappa shape index (κ1) is 13.5. The highest BCUT2D eigenvalue weighted by atomic mass is 19.3. The summed E-state index contributed by atoms with van der Waals surface area (Å²) in [7, 11) is 1.74. The molecule has 1 rings (SSSR count). The van der Waals surface area contributed by atoms with E-state index in [4.69, 9.17) is 0 Å². The molecule has 0 spiro atoms. The molecule has 1 aromatic heterocycles. The normalized spacial score (nSPS) is 11.3. The van der Waals surface area contributed by atoms with E-state index in [1.807, 2.05) is 13.0 Å². The van der Waals surface area contributed by atoms with E-state index in [1.54, 1.807) is 13.1 Å². The largest absolute Gasteiger partial charge is 0.373 e. The van der Waals surface area contributed by atoms with Crippen molar-refractivity contribution >= 4 is 12.1 Å². The standard InChI is InChI=1S/C12H16F2N2O/c1-3-9-4-5-10(16-11(9)15-2)6-7-12(13,14)8-17/h4-5,8H,3,6-7H2,1-2H3,(H,15,16). The van der Waals surface area contributed by atoms with Gasteiger partial charge >= 0.3 is 5.92 Å². The van der Waals surface area contributed by atoms with E-state index < -0.39 is 12.3 Å². The van der Waals surface area contributed by atoms with Crippen LogP contribution in [0.4, 0.5) is 14.6 Å². The third-order valence-corrected chi connectivity index (χ3v) is 2.54. The van der Waals surface area contributed by atoms with Crippen LogP contribution >= 0.6 is 0 Å². The van der Waals surface area contributed by atoms with Crippen LogP contribution in [0.2, 0.25) is 0 Å². The zero-order valence-corrected chi connectivity index (χ0v) is 9.96. The van der Waals surface area contributed by atoms with Gasteiger partial charge in [0.25, 0.3) is 0 Å². The number of nitrogens with one attached hydrogen (secondary N) is 1. The molecule has 0 aromatic carbocycles. The van der Waals surface area contributed by atoms with Crippen molar-refractivity contribution in [1.29, 1.82) is 0 Å². The van der Waals surface area contributed by atoms with Gasteiger partial charge in [0.1, 0.15) is 5.82 Å². The fraction of sp³-hybridized carbons (Fsp3) is 0.500. The zero-order valence-electron chi connectivity index (χ0n) is 9.96. The molecule has 94 valence electrons. The molecule has 0 amide bonds. The Morgan fingerprint density at radius 3 is 2.71 bits per heavy atom. The van der Waals surface area contributed by atoms with Gasteiger partial charge < -0.3 is 5.32 Å². The molecule has 0 unspecified atom stereocenters. The smallest absolute Gasteiger partial charge is 0.302 e. The van der Waals surface area contributed by atoms with Crippen molar-refractivity contribution in [3.63, 3.8) is 0 Å². The van der Waals surface area contributed by atoms with Crippen molar-refractivity contribution in [2.45, 2.75) is 32.1 Å². The lowest BCUT2D eigenvalue weighted by Gasteiger charge is -2.11. The maximum absolute atomic E-state index is 12.8. The first-order valence-electron chi connectivity index (χ1n) is 5.53. The molecule has 1 N–H and O–H groups in total. The zero-order chi connectivity index (χ0) is 12.9. The Balaban J connectivity index is 2.76. The van der Waals surface area contributed by atoms with Crippen molar-refractivity contribution in [3.8, 4) is 0 Å². The van der Waals surface area contributed by atoms with Gasteiger partial charge in [-0.2, -0.15) is 8.78 Å². The number of halogens is 2. The summed E-state index contributed by atoms with van der Waals surface area (Å²) in [6, 6.07) is 3.59. The van der Waals surface area contributed by atoms with Crippen LogP contribution in [0.15, 0.2) is 12.1 Å². The number of hydrogen-bond acceptors (Lipinski definition) is 3. The lowest BCUT2D eigenvalue weighted by atomic mass is 10.1. The van der Waals surface area contributed by atoms with Gasteiger partial charge in [0.15, 0.2) is 6.29 Å². The first-order chi connectivity index (χ1) is 8.02. The topological polar surface area (TPSA) is 42.0 Å². The fourth-order valence-corrected chi connectivity index (χ4v) is 1.52. The van der Waals surface area contributed by atoms with Crippen LogP contribution in [0.5, 0.6) is 0 Å². The second-order valence-electron chi connectivity index (χ2n) is 3.79. The highest BCUT2D eigenvalue weighted by molar-refractivity contribution is 5.59. The van der Waals surface area contributed by atoms with E-state index in [2.05, 4.69) is 10.3 Å². The highest BCUT2D eigenvalue weighted by Gasteiger charge is 2.27. The van der Waals surface area contributed by atoms with Crippen molar-refractivity contribution in [2.24, 2.45) is 0 Å². The summed E-state index contributed by atoms with van der Waals surface area (Å²) in [5.74, 6) is -2.55. The maximum atomic E-state index is 12.8. The molecule has 0 aliphatic rings. The van der Waals surface area contributed by atoms with Crippen LogP contribution in [0, 0.1) is 0 Å². The Kier molecular flexibility index (Phi) is 4.54. The molecule has 0 aliphatic heterocycles. The van der Waals surface area contributed by atoms with E-state index in [0.29, 0.717) is 11.5 Å². The summed E-state index contributed by atoms with van der Waals surface area (Å²) in [5, 5.41) is 2.93. The minimum absolute atomic E-state index is 0.0877. The van der Waals surface area contributed by atoms with Crippen LogP contribution in [-0.4, -0.2) is 24.2 Å². The second-order valence-corrected chi connectivity index (χ2v) is 3.79. The third-order valence-electron chi connectivity index (χ3n) is 2.54. The SMILES string of the molecule is CCc1ccc(CCC(F)(F)C=O)nc1NC. The van der Waals surface area contributed by atoms with Gasteiger partial charge in [-0.05, 0) is 24.5 Å². The molecule has 17 heavy (non-hydrogen) atoms. The summed E-state index contributed by atoms with van der Waals surface area (Å²) < 4.78 is 25.5. The van der Waals surface area contributed by atoms with Crippen molar-refractivity contribution in [1.82, 2.24) is 4.98 Å². The predicted octanol–water partition coefficient (Wildman–Crippen LogP) is 2.45. The first-order valence-corrected chi connectivity index (χ1v) is 5.53. The molecule has 5 heteroatoms. The van der Waals surface area contributed by atoms with E-state index in [-0.39, 0.29) is 12.7 Å². The molecule has 0 atom stereocenters. The van der Waals surface area contributed by atoms with Crippen LogP contribution in [0.25, 0.3) is 0 Å². The summed E-state index contributed by atoms with van der Waals surface area (Å²) in [4.78, 5) is 14.3. The Morgan fingerprint density at radius 1 is 1.47 bits per heavy atom. The van der Waals surface area contributed by atoms with Crippen LogP contribution in [0.1, 0.15) is 24.6 Å². The number of aryl methyl sites for hydroxylation is 2. The Labute approximate surface area is 99.2 Å². The number of hydrogen-bond donors (Lipinski definition) is 1. The number of aromatic nitrogens is 1. The Bertz CT molecular complexity index is 394. The predicted molar refractivity (Wildman–Crippen MR) is 62.5 cm³/mol. The van der Waals surface area contributed by atoms with Crippen molar-refractivity contribution in [3.05, 3.63) is 23.4 Å². The number of pyridine rings is 1. The van der Waals surface area contributed by atoms with Gasteiger partial charge in [-0.3, -0.25) is 4.79 Å². The second kappa shape index (κ2) is 5.70. The molecule has 0 fully saturated rings.